The number of phosphoric acid groups is 1. The summed E-state index contributed by atoms with van der Waals surface area (Å²) in [6.07, 6.45) is 50.6. The second-order valence-corrected chi connectivity index (χ2v) is 17.1. The maximum absolute atomic E-state index is 12.7. The van der Waals surface area contributed by atoms with Crippen LogP contribution < -0.4 is 0 Å². The van der Waals surface area contributed by atoms with Gasteiger partial charge in [0.1, 0.15) is 19.8 Å². The van der Waals surface area contributed by atoms with E-state index in [9.17, 15) is 19.0 Å². The Bertz CT molecular complexity index is 1260. The van der Waals surface area contributed by atoms with Crippen molar-refractivity contribution in [3.8, 4) is 0 Å². The van der Waals surface area contributed by atoms with Crippen LogP contribution in [-0.2, 0) is 32.7 Å². The fraction of sp³-hybridized carbons (Fsp3) is 0.667. The van der Waals surface area contributed by atoms with Gasteiger partial charge in [-0.05, 0) is 89.9 Å². The Balaban J connectivity index is 4.47. The normalized spacial score (nSPS) is 14.4. The van der Waals surface area contributed by atoms with Crippen LogP contribution in [0.5, 0.6) is 0 Å². The van der Waals surface area contributed by atoms with Gasteiger partial charge in [0.25, 0.3) is 0 Å². The minimum atomic E-state index is -4.39. The molecule has 2 atom stereocenters. The van der Waals surface area contributed by atoms with Crippen molar-refractivity contribution in [3.05, 3.63) is 85.1 Å². The zero-order valence-electron chi connectivity index (χ0n) is 37.2. The summed E-state index contributed by atoms with van der Waals surface area (Å²) in [6.45, 7) is 4.20. The number of allylic oxidation sites excluding steroid dienone is 14. The Hall–Kier alpha value is -2.81. The number of quaternary nitrogens is 1. The van der Waals surface area contributed by atoms with Crippen molar-refractivity contribution >= 4 is 19.8 Å². The zero-order chi connectivity index (χ0) is 42.8. The molecule has 0 aromatic rings. The molecule has 0 aliphatic rings. The molecule has 9 nitrogen and oxygen atoms in total. The molecule has 332 valence electrons. The molecule has 0 fully saturated rings. The fourth-order valence-electron chi connectivity index (χ4n) is 5.42. The Morgan fingerprint density at radius 3 is 1.48 bits per heavy atom. The number of unbranched alkanes of at least 4 members (excludes halogenated alkanes) is 11. The van der Waals surface area contributed by atoms with Crippen molar-refractivity contribution in [2.24, 2.45) is 0 Å². The Morgan fingerprint density at radius 1 is 0.552 bits per heavy atom. The first-order valence-corrected chi connectivity index (χ1v) is 23.8. The molecule has 0 saturated carbocycles. The maximum atomic E-state index is 12.7. The molecule has 0 aliphatic carbocycles. The highest BCUT2D eigenvalue weighted by Crippen LogP contribution is 2.43. The van der Waals surface area contributed by atoms with Gasteiger partial charge in [-0.25, -0.2) is 4.57 Å². The first-order chi connectivity index (χ1) is 28.0. The average molecular weight is 833 g/mol. The van der Waals surface area contributed by atoms with Crippen LogP contribution in [0.1, 0.15) is 155 Å². The van der Waals surface area contributed by atoms with Gasteiger partial charge in [0.05, 0.1) is 27.7 Å². The number of carbonyl (C=O) groups excluding carboxylic acids is 2. The molecule has 0 aliphatic heterocycles. The molecule has 0 bridgehead atoms. The third-order valence-corrected chi connectivity index (χ3v) is 9.89. The average Bonchev–Trinajstić information content (AvgIpc) is 3.17. The van der Waals surface area contributed by atoms with E-state index >= 15 is 0 Å². The van der Waals surface area contributed by atoms with Gasteiger partial charge < -0.3 is 18.9 Å². The lowest BCUT2D eigenvalue weighted by molar-refractivity contribution is -0.870. The van der Waals surface area contributed by atoms with Crippen LogP contribution in [0.3, 0.4) is 0 Å². The molecule has 0 saturated heterocycles. The minimum Gasteiger partial charge on any atom is -0.462 e. The molecule has 0 aromatic heterocycles. The zero-order valence-corrected chi connectivity index (χ0v) is 38.1. The van der Waals surface area contributed by atoms with Crippen LogP contribution in [0.25, 0.3) is 0 Å². The highest BCUT2D eigenvalue weighted by atomic mass is 31.2. The van der Waals surface area contributed by atoms with Crippen molar-refractivity contribution in [3.63, 3.8) is 0 Å². The van der Waals surface area contributed by atoms with Crippen LogP contribution >= 0.6 is 7.82 Å². The third kappa shape index (κ3) is 42.8. The smallest absolute Gasteiger partial charge is 0.462 e. The van der Waals surface area contributed by atoms with Gasteiger partial charge in [-0.2, -0.15) is 0 Å². The van der Waals surface area contributed by atoms with E-state index in [-0.39, 0.29) is 26.1 Å². The molecule has 10 heteroatoms. The number of esters is 2. The lowest BCUT2D eigenvalue weighted by Gasteiger charge is -2.24. The number of likely N-dealkylation sites (N-methyl/N-ethyl adjacent to an activating group) is 1. The molecule has 0 heterocycles. The van der Waals surface area contributed by atoms with Gasteiger partial charge in [0.15, 0.2) is 6.10 Å². The molecular weight excluding hydrogens is 750 g/mol. The Morgan fingerprint density at radius 2 is 0.983 bits per heavy atom. The number of phosphoric ester groups is 1. The Labute approximate surface area is 354 Å². The number of rotatable bonds is 39. The highest BCUT2D eigenvalue weighted by Gasteiger charge is 2.27. The second-order valence-electron chi connectivity index (χ2n) is 15.7. The lowest BCUT2D eigenvalue weighted by Crippen LogP contribution is -2.37. The fourth-order valence-corrected chi connectivity index (χ4v) is 6.16. The first kappa shape index (κ1) is 55.2. The van der Waals surface area contributed by atoms with E-state index < -0.39 is 32.5 Å². The van der Waals surface area contributed by atoms with Crippen molar-refractivity contribution in [2.75, 3.05) is 47.5 Å². The summed E-state index contributed by atoms with van der Waals surface area (Å²) in [6, 6.07) is 0. The van der Waals surface area contributed by atoms with Gasteiger partial charge in [0.2, 0.25) is 0 Å². The van der Waals surface area contributed by atoms with Crippen molar-refractivity contribution in [2.45, 2.75) is 161 Å². The third-order valence-electron chi connectivity index (χ3n) is 8.91. The van der Waals surface area contributed by atoms with Gasteiger partial charge in [0, 0.05) is 12.8 Å². The molecule has 58 heavy (non-hydrogen) atoms. The summed E-state index contributed by atoms with van der Waals surface area (Å²) >= 11 is 0. The SMILES string of the molecule is CC/C=C\C/C=C\C/C=C\CCCCCCCC(=O)OC[C@H](COP(=O)(O)OCC[N+](C)(C)C)OC(=O)CCCCC/C=C\C/C=C\C/C=C\C/C=C\CCCCC. The first-order valence-electron chi connectivity index (χ1n) is 22.3. The quantitative estimate of drug-likeness (QED) is 0.0214. The second kappa shape index (κ2) is 39.6. The summed E-state index contributed by atoms with van der Waals surface area (Å²) < 4.78 is 34.3. The van der Waals surface area contributed by atoms with Crippen LogP contribution in [0.2, 0.25) is 0 Å². The van der Waals surface area contributed by atoms with E-state index in [4.69, 9.17) is 18.5 Å². The van der Waals surface area contributed by atoms with Gasteiger partial charge >= 0.3 is 19.8 Å². The van der Waals surface area contributed by atoms with Crippen molar-refractivity contribution < 1.29 is 42.1 Å². The summed E-state index contributed by atoms with van der Waals surface area (Å²) in [5, 5.41) is 0. The number of ether oxygens (including phenoxy) is 2. The predicted molar refractivity (Wildman–Crippen MR) is 242 cm³/mol. The van der Waals surface area contributed by atoms with Crippen molar-refractivity contribution in [1.82, 2.24) is 0 Å². The number of hydrogen-bond acceptors (Lipinski definition) is 7. The minimum absolute atomic E-state index is 0.0174. The van der Waals surface area contributed by atoms with Crippen LogP contribution in [0, 0.1) is 0 Å². The van der Waals surface area contributed by atoms with Crippen LogP contribution in [-0.4, -0.2) is 74.9 Å². The van der Waals surface area contributed by atoms with E-state index in [0.29, 0.717) is 23.9 Å². The summed E-state index contributed by atoms with van der Waals surface area (Å²) in [7, 11) is 1.43. The maximum Gasteiger partial charge on any atom is 0.472 e. The lowest BCUT2D eigenvalue weighted by atomic mass is 10.1. The molecule has 0 rings (SSSR count). The number of nitrogens with zero attached hydrogens (tertiary/aromatic N) is 1. The van der Waals surface area contributed by atoms with Crippen LogP contribution in [0.4, 0.5) is 0 Å². The van der Waals surface area contributed by atoms with E-state index in [1.165, 1.54) is 25.7 Å². The van der Waals surface area contributed by atoms with E-state index in [2.05, 4.69) is 98.9 Å². The van der Waals surface area contributed by atoms with E-state index in [1.54, 1.807) is 0 Å². The van der Waals surface area contributed by atoms with Crippen molar-refractivity contribution in [1.29, 1.82) is 0 Å². The molecule has 0 radical (unpaired) electrons. The molecular formula is C48H83NO8P+. The van der Waals surface area contributed by atoms with E-state index in [1.807, 2.05) is 21.1 Å². The summed E-state index contributed by atoms with van der Waals surface area (Å²) in [5.74, 6) is -0.863. The molecule has 0 amide bonds. The summed E-state index contributed by atoms with van der Waals surface area (Å²) in [5.41, 5.74) is 0. The number of hydrogen-bond donors (Lipinski definition) is 1. The van der Waals surface area contributed by atoms with Crippen LogP contribution in [0.15, 0.2) is 85.1 Å². The van der Waals surface area contributed by atoms with Gasteiger partial charge in [-0.3, -0.25) is 18.6 Å². The van der Waals surface area contributed by atoms with Gasteiger partial charge in [-0.1, -0.05) is 137 Å². The molecule has 0 aromatic carbocycles. The largest absolute Gasteiger partial charge is 0.472 e. The monoisotopic (exact) mass is 833 g/mol. The predicted octanol–water partition coefficient (Wildman–Crippen LogP) is 12.8. The topological polar surface area (TPSA) is 108 Å². The van der Waals surface area contributed by atoms with Gasteiger partial charge in [-0.15, -0.1) is 0 Å². The molecule has 1 N–H and O–H groups in total. The highest BCUT2D eigenvalue weighted by molar-refractivity contribution is 7.47. The van der Waals surface area contributed by atoms with E-state index in [0.717, 1.165) is 89.9 Å². The standard InChI is InChI=1S/C48H82NO8P/c1-6-8-10-12-14-16-18-20-22-23-24-25-27-29-31-33-35-37-39-41-48(51)57-46(45-56-58(52,53)55-43-42-49(3,4)5)44-54-47(50)40-38-36-34-32-30-28-26-21-19-17-15-13-11-9-7-2/h9,11,14-17,20-22,24-26,29,31,46H,6-8,10,12-13,18-19,23,27-28,30,32-45H2,1-5H3/p+1/b11-9-,16-14-,17-15-,22-20-,25-24-,26-21-,31-29-/t46-/m1/s1. The molecule has 0 spiro atoms. The summed E-state index contributed by atoms with van der Waals surface area (Å²) in [4.78, 5) is 35.4. The number of carbonyl (C=O) groups is 2. The molecule has 1 unspecified atom stereocenters. The Kier molecular flexibility index (Phi) is 37.7.